The van der Waals surface area contributed by atoms with Gasteiger partial charge in [0.05, 0.1) is 17.4 Å². The van der Waals surface area contributed by atoms with Gasteiger partial charge in [0.2, 0.25) is 0 Å². The van der Waals surface area contributed by atoms with Gasteiger partial charge in [-0.25, -0.2) is 0 Å². The van der Waals surface area contributed by atoms with Crippen molar-refractivity contribution < 1.29 is 0 Å². The number of anilines is 2. The van der Waals surface area contributed by atoms with Crippen LogP contribution in [0.15, 0.2) is 0 Å². The number of H-pyrrole nitrogens is 1. The van der Waals surface area contributed by atoms with Crippen LogP contribution in [0.3, 0.4) is 0 Å². The monoisotopic (exact) mass is 250 g/mol. The Balaban J connectivity index is 2.18. The van der Waals surface area contributed by atoms with Crippen LogP contribution in [0.25, 0.3) is 0 Å². The predicted molar refractivity (Wildman–Crippen MR) is 67.8 cm³/mol. The van der Waals surface area contributed by atoms with Gasteiger partial charge in [0, 0.05) is 7.05 Å². The Kier molecular flexibility index (Phi) is 3.45. The maximum atomic E-state index is 6.08. The Morgan fingerprint density at radius 3 is 2.89 bits per heavy atom. The molecule has 0 aliphatic carbocycles. The van der Waals surface area contributed by atoms with E-state index in [9.17, 15) is 0 Å². The van der Waals surface area contributed by atoms with Gasteiger partial charge in [0.25, 0.3) is 0 Å². The lowest BCUT2D eigenvalue weighted by molar-refractivity contribution is 0.714. The molecule has 1 unspecified atom stereocenters. The van der Waals surface area contributed by atoms with Crippen LogP contribution in [-0.2, 0) is 13.5 Å². The zero-order chi connectivity index (χ0) is 13.1. The van der Waals surface area contributed by atoms with Crippen LogP contribution in [0, 0.1) is 0 Å². The molecule has 2 aromatic rings. The maximum absolute atomic E-state index is 6.08. The Morgan fingerprint density at radius 2 is 2.28 bits per heavy atom. The van der Waals surface area contributed by atoms with Crippen molar-refractivity contribution in [2.45, 2.75) is 32.7 Å². The fourth-order valence-electron chi connectivity index (χ4n) is 1.81. The molecule has 8 heteroatoms. The first-order valence-electron chi connectivity index (χ1n) is 5.94. The van der Waals surface area contributed by atoms with Crippen LogP contribution >= 0.6 is 0 Å². The van der Waals surface area contributed by atoms with Gasteiger partial charge >= 0.3 is 0 Å². The minimum atomic E-state index is -0.0871. The Morgan fingerprint density at radius 1 is 1.50 bits per heavy atom. The highest BCUT2D eigenvalue weighted by molar-refractivity contribution is 5.65. The number of nitrogens with one attached hydrogen (secondary N) is 2. The minimum absolute atomic E-state index is 0.0871. The number of nitrogen functional groups attached to an aromatic ring is 1. The molecule has 18 heavy (non-hydrogen) atoms. The summed E-state index contributed by atoms with van der Waals surface area (Å²) in [6, 6.07) is -0.0871. The van der Waals surface area contributed by atoms with Gasteiger partial charge in [-0.2, -0.15) is 10.3 Å². The number of nitrogens with zero attached hydrogens (tertiary/aromatic N) is 5. The van der Waals surface area contributed by atoms with Crippen molar-refractivity contribution in [3.05, 3.63) is 11.5 Å². The fourth-order valence-corrected chi connectivity index (χ4v) is 1.81. The maximum Gasteiger partial charge on any atom is 0.196 e. The highest BCUT2D eigenvalue weighted by atomic mass is 15.5. The van der Waals surface area contributed by atoms with Crippen molar-refractivity contribution >= 4 is 11.5 Å². The molecule has 2 rings (SSSR count). The van der Waals surface area contributed by atoms with Crippen molar-refractivity contribution in [1.29, 1.82) is 0 Å². The van der Waals surface area contributed by atoms with E-state index in [2.05, 4.69) is 38.0 Å². The number of tetrazole rings is 1. The summed E-state index contributed by atoms with van der Waals surface area (Å²) in [5.74, 6) is 1.38. The molecule has 4 N–H and O–H groups in total. The van der Waals surface area contributed by atoms with E-state index in [0.717, 1.165) is 24.4 Å². The molecule has 0 spiro atoms. The first-order chi connectivity index (χ1) is 8.63. The van der Waals surface area contributed by atoms with E-state index in [0.29, 0.717) is 11.5 Å². The largest absolute Gasteiger partial charge is 0.394 e. The minimum Gasteiger partial charge on any atom is -0.394 e. The van der Waals surface area contributed by atoms with Crippen molar-refractivity contribution in [3.63, 3.8) is 0 Å². The molecule has 0 saturated heterocycles. The van der Waals surface area contributed by atoms with Gasteiger partial charge in [-0.05, 0) is 13.3 Å². The number of aromatic amines is 1. The van der Waals surface area contributed by atoms with E-state index in [4.69, 9.17) is 5.73 Å². The number of rotatable bonds is 5. The zero-order valence-corrected chi connectivity index (χ0v) is 10.8. The van der Waals surface area contributed by atoms with E-state index < -0.39 is 0 Å². The molecule has 0 bridgehead atoms. The number of aromatic nitrogens is 6. The Hall–Kier alpha value is -2.12. The molecule has 2 heterocycles. The smallest absolute Gasteiger partial charge is 0.196 e. The third-order valence-corrected chi connectivity index (χ3v) is 2.75. The van der Waals surface area contributed by atoms with Crippen LogP contribution in [0.5, 0.6) is 0 Å². The van der Waals surface area contributed by atoms with Gasteiger partial charge in [-0.3, -0.25) is 4.68 Å². The Labute approximate surface area is 105 Å². The highest BCUT2D eigenvalue weighted by Gasteiger charge is 2.17. The molecule has 2 aromatic heterocycles. The Bertz CT molecular complexity index is 500. The van der Waals surface area contributed by atoms with E-state index >= 15 is 0 Å². The van der Waals surface area contributed by atoms with Crippen LogP contribution in [0.4, 0.5) is 11.5 Å². The van der Waals surface area contributed by atoms with Crippen molar-refractivity contribution in [2.75, 3.05) is 11.1 Å². The van der Waals surface area contributed by atoms with Gasteiger partial charge < -0.3 is 11.1 Å². The molecule has 8 nitrogen and oxygen atoms in total. The standard InChI is InChI=1S/C10H18N8/c1-4-5-7-8(11)10(18(3)15-7)12-6(2)9-13-16-17-14-9/h6,12H,4-5,11H2,1-3H3,(H,13,14,16,17). The van der Waals surface area contributed by atoms with Crippen molar-refractivity contribution in [1.82, 2.24) is 30.4 Å². The van der Waals surface area contributed by atoms with Gasteiger partial charge in [-0.1, -0.05) is 18.6 Å². The molecule has 0 saturated carbocycles. The molecule has 1 atom stereocenters. The summed E-state index contributed by atoms with van der Waals surface area (Å²) >= 11 is 0. The summed E-state index contributed by atoms with van der Waals surface area (Å²) < 4.78 is 1.75. The van der Waals surface area contributed by atoms with Gasteiger partial charge in [0.1, 0.15) is 5.82 Å². The van der Waals surface area contributed by atoms with E-state index in [1.165, 1.54) is 0 Å². The summed E-state index contributed by atoms with van der Waals surface area (Å²) in [5, 5.41) is 21.5. The third kappa shape index (κ3) is 2.27. The number of nitrogens with two attached hydrogens (primary N) is 1. The zero-order valence-electron chi connectivity index (χ0n) is 10.8. The molecule has 0 radical (unpaired) electrons. The van der Waals surface area contributed by atoms with Crippen LogP contribution < -0.4 is 11.1 Å². The molecular formula is C10H18N8. The molecule has 98 valence electrons. The lowest BCUT2D eigenvalue weighted by atomic mass is 10.2. The fraction of sp³-hybridized carbons (Fsp3) is 0.600. The number of hydrogen-bond donors (Lipinski definition) is 3. The molecule has 0 aromatic carbocycles. The summed E-state index contributed by atoms with van der Waals surface area (Å²) in [7, 11) is 1.86. The summed E-state index contributed by atoms with van der Waals surface area (Å²) in [4.78, 5) is 0. The second-order valence-electron chi connectivity index (χ2n) is 4.22. The molecule has 0 aliphatic heterocycles. The van der Waals surface area contributed by atoms with Crippen LogP contribution in [-0.4, -0.2) is 30.4 Å². The van der Waals surface area contributed by atoms with Gasteiger partial charge in [-0.15, -0.1) is 10.2 Å². The van der Waals surface area contributed by atoms with Gasteiger partial charge in [0.15, 0.2) is 5.82 Å². The second kappa shape index (κ2) is 5.03. The van der Waals surface area contributed by atoms with Crippen molar-refractivity contribution in [2.24, 2.45) is 7.05 Å². The summed E-state index contributed by atoms with van der Waals surface area (Å²) in [6.45, 7) is 4.04. The third-order valence-electron chi connectivity index (χ3n) is 2.75. The lowest BCUT2D eigenvalue weighted by Crippen LogP contribution is -2.12. The average Bonchev–Trinajstić information content (AvgIpc) is 2.94. The SMILES string of the molecule is CCCc1nn(C)c(NC(C)c2nn[nH]n2)c1N. The van der Waals surface area contributed by atoms with Crippen molar-refractivity contribution in [3.8, 4) is 0 Å². The van der Waals surface area contributed by atoms with E-state index in [-0.39, 0.29) is 6.04 Å². The molecular weight excluding hydrogens is 232 g/mol. The second-order valence-corrected chi connectivity index (χ2v) is 4.22. The first-order valence-corrected chi connectivity index (χ1v) is 5.94. The highest BCUT2D eigenvalue weighted by Crippen LogP contribution is 2.26. The predicted octanol–water partition coefficient (Wildman–Crippen LogP) is 0.641. The first kappa shape index (κ1) is 12.3. The normalized spacial score (nSPS) is 12.6. The molecule has 0 fully saturated rings. The molecule has 0 amide bonds. The summed E-state index contributed by atoms with van der Waals surface area (Å²) in [6.07, 6.45) is 1.89. The average molecular weight is 250 g/mol. The molecule has 0 aliphatic rings. The number of aryl methyl sites for hydroxylation is 2. The number of hydrogen-bond acceptors (Lipinski definition) is 6. The van der Waals surface area contributed by atoms with E-state index in [1.807, 2.05) is 14.0 Å². The van der Waals surface area contributed by atoms with E-state index in [1.54, 1.807) is 4.68 Å². The lowest BCUT2D eigenvalue weighted by Gasteiger charge is -2.12. The topological polar surface area (TPSA) is 110 Å². The van der Waals surface area contributed by atoms with Crippen LogP contribution in [0.2, 0.25) is 0 Å². The quantitative estimate of drug-likeness (QED) is 0.718. The summed E-state index contributed by atoms with van der Waals surface area (Å²) in [5.41, 5.74) is 7.69. The van der Waals surface area contributed by atoms with Crippen LogP contribution in [0.1, 0.15) is 37.8 Å².